The van der Waals surface area contributed by atoms with Crippen molar-refractivity contribution in [2.75, 3.05) is 0 Å². The fraction of sp³-hybridized carbons (Fsp3) is 0. The van der Waals surface area contributed by atoms with Crippen molar-refractivity contribution in [2.45, 2.75) is 0 Å². The molecule has 13 aromatic rings. The molecule has 0 atom stereocenters. The molecule has 0 radical (unpaired) electrons. The van der Waals surface area contributed by atoms with Gasteiger partial charge in [0.05, 0.1) is 27.8 Å². The molecule has 0 aliphatic carbocycles. The summed E-state index contributed by atoms with van der Waals surface area (Å²) in [6.45, 7) is 0. The molecule has 0 amide bonds. The Hall–Kier alpha value is -8.98. The first kappa shape index (κ1) is 39.4. The number of hydrogen-bond donors (Lipinski definition) is 0. The summed E-state index contributed by atoms with van der Waals surface area (Å²) in [6, 6.07) is 97.4. The summed E-state index contributed by atoms with van der Waals surface area (Å²) in [5, 5.41) is 4.93. The lowest BCUT2D eigenvalue weighted by Gasteiger charge is -2.16. The van der Waals surface area contributed by atoms with E-state index >= 15 is 0 Å². The van der Waals surface area contributed by atoms with Gasteiger partial charge in [0.25, 0.3) is 0 Å². The van der Waals surface area contributed by atoms with Crippen molar-refractivity contribution < 1.29 is 0 Å². The van der Waals surface area contributed by atoms with Crippen LogP contribution in [-0.4, -0.2) is 9.13 Å². The highest BCUT2D eigenvalue weighted by Crippen LogP contribution is 2.43. The SMILES string of the molecule is c1ccc(-c2cccc(-c3cccc(-c4cccc5c4c4cc(-c6ccc7c(c6)c6ccccc6n7-c6ccc(-c7ccccc7)cc6-c6ccccc6)ccc4n5-c4ccccc4)c3)c2)cc1. The molecule has 2 aromatic heterocycles. The molecule has 0 bridgehead atoms. The van der Waals surface area contributed by atoms with Gasteiger partial charge in [0.15, 0.2) is 0 Å². The van der Waals surface area contributed by atoms with Crippen LogP contribution in [0.4, 0.5) is 0 Å². The topological polar surface area (TPSA) is 9.86 Å². The monoisotopic (exact) mass is 864 g/mol. The van der Waals surface area contributed by atoms with Crippen molar-refractivity contribution in [3.63, 3.8) is 0 Å². The first-order chi connectivity index (χ1) is 33.7. The highest BCUT2D eigenvalue weighted by atomic mass is 15.0. The van der Waals surface area contributed by atoms with Crippen LogP contribution in [0.2, 0.25) is 0 Å². The molecule has 0 saturated heterocycles. The molecule has 2 heteroatoms. The minimum absolute atomic E-state index is 1.14. The second-order valence-electron chi connectivity index (χ2n) is 17.7. The molecule has 2 nitrogen and oxygen atoms in total. The van der Waals surface area contributed by atoms with Crippen molar-refractivity contribution >= 4 is 43.6 Å². The molecule has 0 N–H and O–H groups in total. The van der Waals surface area contributed by atoms with Crippen LogP contribution < -0.4 is 0 Å². The Morgan fingerprint density at radius 3 is 1.32 bits per heavy atom. The largest absolute Gasteiger partial charge is 0.309 e. The lowest BCUT2D eigenvalue weighted by molar-refractivity contribution is 1.18. The van der Waals surface area contributed by atoms with Gasteiger partial charge in [-0.2, -0.15) is 0 Å². The molecule has 13 rings (SSSR count). The van der Waals surface area contributed by atoms with Gasteiger partial charge in [-0.15, -0.1) is 0 Å². The third-order valence-electron chi connectivity index (χ3n) is 13.7. The molecule has 0 saturated carbocycles. The van der Waals surface area contributed by atoms with Crippen molar-refractivity contribution in [3.05, 3.63) is 267 Å². The molecule has 0 spiro atoms. The van der Waals surface area contributed by atoms with Crippen LogP contribution in [-0.2, 0) is 0 Å². The number of hydrogen-bond acceptors (Lipinski definition) is 0. The van der Waals surface area contributed by atoms with Gasteiger partial charge in [0, 0.05) is 32.8 Å². The summed E-state index contributed by atoms with van der Waals surface area (Å²) in [4.78, 5) is 0. The van der Waals surface area contributed by atoms with Gasteiger partial charge in [0.1, 0.15) is 0 Å². The zero-order valence-electron chi connectivity index (χ0n) is 37.3. The smallest absolute Gasteiger partial charge is 0.0547 e. The lowest BCUT2D eigenvalue weighted by Crippen LogP contribution is -1.98. The van der Waals surface area contributed by atoms with E-state index in [1.807, 2.05) is 0 Å². The first-order valence-corrected chi connectivity index (χ1v) is 23.4. The summed E-state index contributed by atoms with van der Waals surface area (Å²) in [6.07, 6.45) is 0. The second kappa shape index (κ2) is 16.5. The van der Waals surface area contributed by atoms with Gasteiger partial charge in [-0.3, -0.25) is 0 Å². The van der Waals surface area contributed by atoms with E-state index in [0.717, 1.165) is 11.4 Å². The van der Waals surface area contributed by atoms with E-state index in [9.17, 15) is 0 Å². The minimum atomic E-state index is 1.14. The van der Waals surface area contributed by atoms with Crippen LogP contribution in [0, 0.1) is 0 Å². The van der Waals surface area contributed by atoms with Gasteiger partial charge < -0.3 is 9.13 Å². The fourth-order valence-electron chi connectivity index (χ4n) is 10.5. The molecule has 0 aliphatic heterocycles. The summed E-state index contributed by atoms with van der Waals surface area (Å²) >= 11 is 0. The van der Waals surface area contributed by atoms with E-state index in [1.54, 1.807) is 0 Å². The van der Waals surface area contributed by atoms with Crippen LogP contribution in [0.5, 0.6) is 0 Å². The highest BCUT2D eigenvalue weighted by Gasteiger charge is 2.20. The van der Waals surface area contributed by atoms with Gasteiger partial charge in [-0.25, -0.2) is 0 Å². The van der Waals surface area contributed by atoms with Gasteiger partial charge in [-0.1, -0.05) is 194 Å². The molecule has 0 fully saturated rings. The van der Waals surface area contributed by atoms with Crippen LogP contribution in [0.1, 0.15) is 0 Å². The van der Waals surface area contributed by atoms with E-state index in [-0.39, 0.29) is 0 Å². The molecule has 0 aliphatic rings. The molecular weight excluding hydrogens is 821 g/mol. The van der Waals surface area contributed by atoms with Gasteiger partial charge >= 0.3 is 0 Å². The summed E-state index contributed by atoms with van der Waals surface area (Å²) < 4.78 is 4.88. The molecular formula is C66H44N2. The summed E-state index contributed by atoms with van der Waals surface area (Å²) in [7, 11) is 0. The number of fused-ring (bicyclic) bond motifs is 6. The number of para-hydroxylation sites is 2. The first-order valence-electron chi connectivity index (χ1n) is 23.4. The molecule has 68 heavy (non-hydrogen) atoms. The Bertz CT molecular complexity index is 3990. The minimum Gasteiger partial charge on any atom is -0.309 e. The number of rotatable bonds is 8. The Balaban J connectivity index is 0.979. The maximum atomic E-state index is 2.46. The van der Waals surface area contributed by atoms with Crippen LogP contribution in [0.25, 0.3) is 122 Å². The number of nitrogens with zero attached hydrogens (tertiary/aromatic N) is 2. The molecule has 318 valence electrons. The maximum Gasteiger partial charge on any atom is 0.0547 e. The maximum absolute atomic E-state index is 2.46. The number of aromatic nitrogens is 2. The van der Waals surface area contributed by atoms with E-state index in [1.165, 1.54) is 110 Å². The van der Waals surface area contributed by atoms with Crippen LogP contribution in [0.3, 0.4) is 0 Å². The standard InChI is InChI=1S/C66H44N2/c1-5-18-45(19-6-1)48-24-15-25-49(40-48)50-26-16-27-54(41-50)56-31-17-33-65-66(56)60-44-53(36-39-64(60)67(65)55-28-11-4-12-29-55)52-35-38-63-59(43-52)57-30-13-14-32-61(57)68(63)62-37-34-51(46-20-7-2-8-21-46)42-58(62)47-22-9-3-10-23-47/h1-44H. The van der Waals surface area contributed by atoms with Crippen molar-refractivity contribution in [2.24, 2.45) is 0 Å². The quantitative estimate of drug-likeness (QED) is 0.144. The summed E-state index contributed by atoms with van der Waals surface area (Å²) in [5.74, 6) is 0. The highest BCUT2D eigenvalue weighted by molar-refractivity contribution is 6.17. The predicted octanol–water partition coefficient (Wildman–Crippen LogP) is 17.9. The Morgan fingerprint density at radius 2 is 0.647 bits per heavy atom. The number of benzene rings is 11. The predicted molar refractivity (Wildman–Crippen MR) is 288 cm³/mol. The van der Waals surface area contributed by atoms with E-state index in [4.69, 9.17) is 0 Å². The molecule has 2 heterocycles. The summed E-state index contributed by atoms with van der Waals surface area (Å²) in [5.41, 5.74) is 21.4. The van der Waals surface area contributed by atoms with Gasteiger partial charge in [-0.05, 0) is 134 Å². The van der Waals surface area contributed by atoms with Crippen molar-refractivity contribution in [1.82, 2.24) is 9.13 Å². The van der Waals surface area contributed by atoms with E-state index in [0.29, 0.717) is 0 Å². The third kappa shape index (κ3) is 6.73. The Labute approximate surface area is 395 Å². The van der Waals surface area contributed by atoms with Crippen LogP contribution >= 0.6 is 0 Å². The Morgan fingerprint density at radius 1 is 0.206 bits per heavy atom. The molecule has 0 unspecified atom stereocenters. The second-order valence-corrected chi connectivity index (χ2v) is 17.7. The molecule has 11 aromatic carbocycles. The van der Waals surface area contributed by atoms with Crippen LogP contribution in [0.15, 0.2) is 267 Å². The van der Waals surface area contributed by atoms with E-state index < -0.39 is 0 Å². The van der Waals surface area contributed by atoms with E-state index in [2.05, 4.69) is 276 Å². The van der Waals surface area contributed by atoms with Crippen molar-refractivity contribution in [3.8, 4) is 78.1 Å². The fourth-order valence-corrected chi connectivity index (χ4v) is 10.5. The van der Waals surface area contributed by atoms with Gasteiger partial charge in [0.2, 0.25) is 0 Å². The average Bonchev–Trinajstić information content (AvgIpc) is 3.94. The zero-order chi connectivity index (χ0) is 45.0. The third-order valence-corrected chi connectivity index (χ3v) is 13.7. The normalized spacial score (nSPS) is 11.5. The average molecular weight is 865 g/mol. The zero-order valence-corrected chi connectivity index (χ0v) is 37.3. The van der Waals surface area contributed by atoms with Crippen molar-refractivity contribution in [1.29, 1.82) is 0 Å². The Kier molecular flexibility index (Phi) is 9.54. The lowest BCUT2D eigenvalue weighted by atomic mass is 9.94.